The number of amides is 2. The summed E-state index contributed by atoms with van der Waals surface area (Å²) >= 11 is 0. The number of nitrogens with one attached hydrogen (secondary N) is 2. The van der Waals surface area contributed by atoms with Crippen LogP contribution >= 0.6 is 0 Å². The molecule has 0 radical (unpaired) electrons. The zero-order valence-electron chi connectivity index (χ0n) is 14.6. The molecule has 1 aromatic rings. The van der Waals surface area contributed by atoms with Crippen molar-refractivity contribution in [2.45, 2.75) is 32.6 Å². The van der Waals surface area contributed by atoms with Gasteiger partial charge in [0.2, 0.25) is 11.8 Å². The van der Waals surface area contributed by atoms with Crippen LogP contribution in [0.1, 0.15) is 42.1 Å². The highest BCUT2D eigenvalue weighted by molar-refractivity contribution is 6.03. The lowest BCUT2D eigenvalue weighted by Crippen LogP contribution is -2.43. The minimum Gasteiger partial charge on any atom is -0.369 e. The predicted octanol–water partition coefficient (Wildman–Crippen LogP) is 1.28. The molecule has 2 N–H and O–H groups in total. The van der Waals surface area contributed by atoms with E-state index in [1.807, 2.05) is 19.1 Å². The van der Waals surface area contributed by atoms with Gasteiger partial charge in [0.1, 0.15) is 0 Å². The van der Waals surface area contributed by atoms with Crippen molar-refractivity contribution in [1.82, 2.24) is 10.6 Å². The summed E-state index contributed by atoms with van der Waals surface area (Å²) < 4.78 is 0. The Morgan fingerprint density at radius 3 is 2.68 bits per heavy atom. The molecule has 2 heterocycles. The summed E-state index contributed by atoms with van der Waals surface area (Å²) in [5, 5.41) is 5.66. The Kier molecular flexibility index (Phi) is 5.48. The third kappa shape index (κ3) is 4.07. The van der Waals surface area contributed by atoms with E-state index in [-0.39, 0.29) is 24.0 Å². The molecule has 134 valence electrons. The molecule has 1 aromatic carbocycles. The minimum atomic E-state index is -0.400. The molecule has 6 heteroatoms. The summed E-state index contributed by atoms with van der Waals surface area (Å²) in [6, 6.07) is 6.00. The second-order valence-electron chi connectivity index (χ2n) is 6.71. The third-order valence-electron chi connectivity index (χ3n) is 5.04. The van der Waals surface area contributed by atoms with Crippen molar-refractivity contribution in [3.63, 3.8) is 0 Å². The van der Waals surface area contributed by atoms with Crippen molar-refractivity contribution in [3.05, 3.63) is 29.3 Å². The maximum atomic E-state index is 12.7. The molecule has 0 unspecified atom stereocenters. The quantitative estimate of drug-likeness (QED) is 0.622. The molecule has 2 saturated heterocycles. The lowest BCUT2D eigenvalue weighted by molar-refractivity contribution is -0.136. The first kappa shape index (κ1) is 17.6. The number of piperazine rings is 1. The first-order valence-electron chi connectivity index (χ1n) is 9.04. The highest BCUT2D eigenvalue weighted by Gasteiger charge is 2.29. The molecule has 0 saturated carbocycles. The summed E-state index contributed by atoms with van der Waals surface area (Å²) in [5.74, 6) is -0.982. The molecular weight excluding hydrogens is 318 g/mol. The number of piperidine rings is 1. The number of nitrogens with zero attached hydrogens (tertiary/aromatic N) is 1. The van der Waals surface area contributed by atoms with Gasteiger partial charge >= 0.3 is 0 Å². The van der Waals surface area contributed by atoms with Crippen molar-refractivity contribution in [1.29, 1.82) is 0 Å². The van der Waals surface area contributed by atoms with Crippen molar-refractivity contribution in [2.24, 2.45) is 5.92 Å². The van der Waals surface area contributed by atoms with E-state index in [1.54, 1.807) is 0 Å². The summed E-state index contributed by atoms with van der Waals surface area (Å²) in [6.07, 6.45) is 1.71. The standard InChI is InChI=1S/C19H25N3O3/c1-2-13-11-15(22-9-7-20-8-10-22)4-5-16(13)17(23)12-14-3-6-18(24)21-19(14)25/h4-5,11,14,20H,2-3,6-10,12H2,1H3,(H,21,24,25)/t14-/m1/s1. The van der Waals surface area contributed by atoms with E-state index in [2.05, 4.69) is 21.6 Å². The van der Waals surface area contributed by atoms with Gasteiger partial charge in [-0.25, -0.2) is 0 Å². The van der Waals surface area contributed by atoms with Gasteiger partial charge in [0.25, 0.3) is 0 Å². The number of benzene rings is 1. The molecule has 2 aliphatic rings. The fourth-order valence-corrected chi connectivity index (χ4v) is 3.53. The van der Waals surface area contributed by atoms with E-state index in [9.17, 15) is 14.4 Å². The van der Waals surface area contributed by atoms with Gasteiger partial charge in [-0.05, 0) is 36.6 Å². The monoisotopic (exact) mass is 343 g/mol. The first-order valence-corrected chi connectivity index (χ1v) is 9.04. The highest BCUT2D eigenvalue weighted by Crippen LogP contribution is 2.25. The molecule has 25 heavy (non-hydrogen) atoms. The van der Waals surface area contributed by atoms with Gasteiger partial charge < -0.3 is 10.2 Å². The Hall–Kier alpha value is -2.21. The molecule has 3 rings (SSSR count). The van der Waals surface area contributed by atoms with E-state index in [1.165, 1.54) is 0 Å². The number of ketones is 1. The Morgan fingerprint density at radius 2 is 2.00 bits per heavy atom. The van der Waals surface area contributed by atoms with Crippen LogP contribution in [0, 0.1) is 5.92 Å². The number of hydrogen-bond acceptors (Lipinski definition) is 5. The molecule has 0 aromatic heterocycles. The van der Waals surface area contributed by atoms with Gasteiger partial charge in [-0.15, -0.1) is 0 Å². The fourth-order valence-electron chi connectivity index (χ4n) is 3.53. The molecule has 6 nitrogen and oxygen atoms in total. The maximum absolute atomic E-state index is 12.7. The normalized spacial score (nSPS) is 21.2. The Morgan fingerprint density at radius 1 is 1.24 bits per heavy atom. The van der Waals surface area contributed by atoms with Gasteiger partial charge in [0.15, 0.2) is 5.78 Å². The lowest BCUT2D eigenvalue weighted by Gasteiger charge is -2.30. The van der Waals surface area contributed by atoms with Crippen LogP contribution in [0.5, 0.6) is 0 Å². The van der Waals surface area contributed by atoms with Crippen LogP contribution < -0.4 is 15.5 Å². The van der Waals surface area contributed by atoms with E-state index in [0.29, 0.717) is 18.4 Å². The second kappa shape index (κ2) is 7.78. The number of anilines is 1. The topological polar surface area (TPSA) is 78.5 Å². The lowest BCUT2D eigenvalue weighted by atomic mass is 9.89. The average Bonchev–Trinajstić information content (AvgIpc) is 2.64. The fraction of sp³-hybridized carbons (Fsp3) is 0.526. The number of carbonyl (C=O) groups is 3. The first-order chi connectivity index (χ1) is 12.1. The third-order valence-corrected chi connectivity index (χ3v) is 5.04. The van der Waals surface area contributed by atoms with Crippen LogP contribution in [0.2, 0.25) is 0 Å². The van der Waals surface area contributed by atoms with Gasteiger partial charge in [0, 0.05) is 56.2 Å². The number of Topliss-reactive ketones (excluding diaryl/α,β-unsaturated/α-hetero) is 1. The van der Waals surface area contributed by atoms with Crippen molar-refractivity contribution in [2.75, 3.05) is 31.1 Å². The van der Waals surface area contributed by atoms with Crippen LogP contribution in [0.15, 0.2) is 18.2 Å². The highest BCUT2D eigenvalue weighted by atomic mass is 16.2. The molecule has 2 fully saturated rings. The average molecular weight is 343 g/mol. The summed E-state index contributed by atoms with van der Waals surface area (Å²) in [4.78, 5) is 38.2. The zero-order valence-corrected chi connectivity index (χ0v) is 14.6. The van der Waals surface area contributed by atoms with E-state index < -0.39 is 5.92 Å². The van der Waals surface area contributed by atoms with E-state index in [4.69, 9.17) is 0 Å². The van der Waals surface area contributed by atoms with Gasteiger partial charge in [-0.2, -0.15) is 0 Å². The number of carbonyl (C=O) groups excluding carboxylic acids is 3. The Balaban J connectivity index is 1.73. The summed E-state index contributed by atoms with van der Waals surface area (Å²) in [5.41, 5.74) is 2.87. The molecule has 0 aliphatic carbocycles. The van der Waals surface area contributed by atoms with E-state index >= 15 is 0 Å². The van der Waals surface area contributed by atoms with Gasteiger partial charge in [0.05, 0.1) is 0 Å². The molecular formula is C19H25N3O3. The zero-order chi connectivity index (χ0) is 17.8. The molecule has 0 spiro atoms. The summed E-state index contributed by atoms with van der Waals surface area (Å²) in [7, 11) is 0. The van der Waals surface area contributed by atoms with Gasteiger partial charge in [-0.3, -0.25) is 19.7 Å². The minimum absolute atomic E-state index is 0.0155. The van der Waals surface area contributed by atoms with Crippen LogP contribution in [0.4, 0.5) is 5.69 Å². The maximum Gasteiger partial charge on any atom is 0.230 e. The molecule has 2 aliphatic heterocycles. The van der Waals surface area contributed by atoms with Crippen molar-refractivity contribution < 1.29 is 14.4 Å². The number of hydrogen-bond donors (Lipinski definition) is 2. The van der Waals surface area contributed by atoms with Crippen LogP contribution in [-0.4, -0.2) is 43.8 Å². The number of imide groups is 1. The van der Waals surface area contributed by atoms with Gasteiger partial charge in [-0.1, -0.05) is 6.92 Å². The molecule has 1 atom stereocenters. The van der Waals surface area contributed by atoms with Crippen molar-refractivity contribution in [3.8, 4) is 0 Å². The smallest absolute Gasteiger partial charge is 0.230 e. The van der Waals surface area contributed by atoms with Crippen LogP contribution in [0.3, 0.4) is 0 Å². The van der Waals surface area contributed by atoms with Crippen LogP contribution in [-0.2, 0) is 16.0 Å². The second-order valence-corrected chi connectivity index (χ2v) is 6.71. The largest absolute Gasteiger partial charge is 0.369 e. The molecule has 0 bridgehead atoms. The van der Waals surface area contributed by atoms with Crippen LogP contribution in [0.25, 0.3) is 0 Å². The predicted molar refractivity (Wildman–Crippen MR) is 95.7 cm³/mol. The summed E-state index contributed by atoms with van der Waals surface area (Å²) in [6.45, 7) is 5.91. The Labute approximate surface area is 148 Å². The van der Waals surface area contributed by atoms with E-state index in [0.717, 1.165) is 43.9 Å². The SMILES string of the molecule is CCc1cc(N2CCNCC2)ccc1C(=O)C[C@H]1CCC(=O)NC1=O. The van der Waals surface area contributed by atoms with Crippen molar-refractivity contribution >= 4 is 23.3 Å². The molecule has 2 amide bonds. The number of rotatable bonds is 5. The Bertz CT molecular complexity index is 680. The number of aryl methyl sites for hydroxylation is 1.